The van der Waals surface area contributed by atoms with E-state index < -0.39 is 5.79 Å². The van der Waals surface area contributed by atoms with E-state index in [1.165, 1.54) is 0 Å². The Morgan fingerprint density at radius 1 is 1.10 bits per heavy atom. The van der Waals surface area contributed by atoms with Crippen molar-refractivity contribution in [3.8, 4) is 17.1 Å². The van der Waals surface area contributed by atoms with Crippen LogP contribution >= 0.6 is 11.6 Å². The first kappa shape index (κ1) is 19.4. The van der Waals surface area contributed by atoms with Crippen LogP contribution in [-0.4, -0.2) is 52.7 Å². The maximum absolute atomic E-state index is 13.5. The summed E-state index contributed by atoms with van der Waals surface area (Å²) in [6.07, 6.45) is 1.31. The van der Waals surface area contributed by atoms with Crippen molar-refractivity contribution in [2.75, 3.05) is 26.3 Å². The third-order valence-corrected chi connectivity index (χ3v) is 5.95. The van der Waals surface area contributed by atoms with E-state index in [0.29, 0.717) is 67.0 Å². The first-order valence-corrected chi connectivity index (χ1v) is 10.4. The molecular weight excluding hydrogens is 406 g/mol. The van der Waals surface area contributed by atoms with Gasteiger partial charge in [0.25, 0.3) is 5.91 Å². The number of likely N-dealkylation sites (tertiary alicyclic amines) is 1. The Balaban J connectivity index is 1.49. The standard InChI is InChI=1S/C22H22ClN3O4/c1-15-6-7-20(30-15)17-14-19(26(24-17)18-5-3-2-4-16(18)23)21(27)25-10-8-22(9-11-25)28-12-13-29-22/h2-7,14H,8-13H2,1H3. The number of benzene rings is 1. The maximum atomic E-state index is 13.5. The zero-order chi connectivity index (χ0) is 20.7. The minimum Gasteiger partial charge on any atom is -0.460 e. The molecule has 1 spiro atoms. The molecular formula is C22H22ClN3O4. The molecule has 2 saturated heterocycles. The number of piperidine rings is 1. The monoisotopic (exact) mass is 427 g/mol. The summed E-state index contributed by atoms with van der Waals surface area (Å²) in [5.41, 5.74) is 1.67. The molecule has 2 fully saturated rings. The van der Waals surface area contributed by atoms with Gasteiger partial charge in [-0.05, 0) is 31.2 Å². The lowest BCUT2D eigenvalue weighted by Gasteiger charge is -2.37. The van der Waals surface area contributed by atoms with E-state index in [1.54, 1.807) is 16.8 Å². The van der Waals surface area contributed by atoms with Crippen molar-refractivity contribution in [1.82, 2.24) is 14.7 Å². The van der Waals surface area contributed by atoms with E-state index >= 15 is 0 Å². The fourth-order valence-electron chi connectivity index (χ4n) is 4.03. The molecule has 2 aliphatic heterocycles. The van der Waals surface area contributed by atoms with Gasteiger partial charge in [-0.1, -0.05) is 23.7 Å². The molecule has 1 aromatic carbocycles. The van der Waals surface area contributed by atoms with Crippen LogP contribution in [0, 0.1) is 6.92 Å². The topological polar surface area (TPSA) is 69.7 Å². The largest absolute Gasteiger partial charge is 0.460 e. The molecule has 0 aliphatic carbocycles. The second kappa shape index (κ2) is 7.58. The average Bonchev–Trinajstić information content (AvgIpc) is 3.49. The Labute approximate surface area is 179 Å². The number of para-hydroxylation sites is 1. The smallest absolute Gasteiger partial charge is 0.272 e. The summed E-state index contributed by atoms with van der Waals surface area (Å²) in [5, 5.41) is 5.17. The SMILES string of the molecule is Cc1ccc(-c2cc(C(=O)N3CCC4(CC3)OCCO4)n(-c3ccccc3Cl)n2)o1. The number of carbonyl (C=O) groups excluding carboxylic acids is 1. The van der Waals surface area contributed by atoms with Crippen molar-refractivity contribution in [1.29, 1.82) is 0 Å². The molecule has 0 bridgehead atoms. The highest BCUT2D eigenvalue weighted by Gasteiger charge is 2.41. The number of ether oxygens (including phenoxy) is 2. The Morgan fingerprint density at radius 2 is 1.83 bits per heavy atom. The van der Waals surface area contributed by atoms with Crippen LogP contribution < -0.4 is 0 Å². The third-order valence-electron chi connectivity index (χ3n) is 5.63. The zero-order valence-corrected chi connectivity index (χ0v) is 17.4. The number of carbonyl (C=O) groups is 1. The van der Waals surface area contributed by atoms with Gasteiger partial charge >= 0.3 is 0 Å². The first-order chi connectivity index (χ1) is 14.5. The molecule has 3 aromatic rings. The molecule has 4 heterocycles. The van der Waals surface area contributed by atoms with Gasteiger partial charge in [0.2, 0.25) is 0 Å². The number of hydrogen-bond acceptors (Lipinski definition) is 5. The van der Waals surface area contributed by atoms with E-state index in [9.17, 15) is 4.79 Å². The summed E-state index contributed by atoms with van der Waals surface area (Å²) >= 11 is 6.42. The summed E-state index contributed by atoms with van der Waals surface area (Å²) in [6, 6.07) is 12.8. The Morgan fingerprint density at radius 3 is 2.50 bits per heavy atom. The normalized spacial score (nSPS) is 18.3. The van der Waals surface area contributed by atoms with Crippen LogP contribution in [0.25, 0.3) is 17.1 Å². The fourth-order valence-corrected chi connectivity index (χ4v) is 4.25. The number of rotatable bonds is 3. The molecule has 0 saturated carbocycles. The van der Waals surface area contributed by atoms with Crippen LogP contribution in [0.1, 0.15) is 29.1 Å². The second-order valence-corrected chi connectivity index (χ2v) is 8.00. The van der Waals surface area contributed by atoms with E-state index in [4.69, 9.17) is 25.5 Å². The van der Waals surface area contributed by atoms with Gasteiger partial charge in [-0.3, -0.25) is 4.79 Å². The van der Waals surface area contributed by atoms with E-state index in [2.05, 4.69) is 5.10 Å². The van der Waals surface area contributed by atoms with Gasteiger partial charge in [0.1, 0.15) is 17.1 Å². The molecule has 156 valence electrons. The average molecular weight is 428 g/mol. The summed E-state index contributed by atoms with van der Waals surface area (Å²) in [6.45, 7) is 4.21. The number of aryl methyl sites for hydroxylation is 1. The summed E-state index contributed by atoms with van der Waals surface area (Å²) in [5.74, 6) is 0.752. The van der Waals surface area contributed by atoms with Crippen LogP contribution in [0.5, 0.6) is 0 Å². The van der Waals surface area contributed by atoms with Gasteiger partial charge in [0, 0.05) is 32.0 Å². The highest BCUT2D eigenvalue weighted by molar-refractivity contribution is 6.32. The van der Waals surface area contributed by atoms with Gasteiger partial charge in [0.05, 0.1) is 23.9 Å². The second-order valence-electron chi connectivity index (χ2n) is 7.59. The predicted octanol–water partition coefficient (Wildman–Crippen LogP) is 4.07. The molecule has 5 rings (SSSR count). The van der Waals surface area contributed by atoms with Crippen molar-refractivity contribution in [3.63, 3.8) is 0 Å². The molecule has 1 amide bonds. The van der Waals surface area contributed by atoms with Crippen molar-refractivity contribution in [2.24, 2.45) is 0 Å². The molecule has 8 heteroatoms. The molecule has 0 radical (unpaired) electrons. The van der Waals surface area contributed by atoms with Gasteiger partial charge in [0.15, 0.2) is 11.5 Å². The lowest BCUT2D eigenvalue weighted by Crippen LogP contribution is -2.47. The Hall–Kier alpha value is -2.61. The quantitative estimate of drug-likeness (QED) is 0.630. The number of halogens is 1. The molecule has 2 aromatic heterocycles. The maximum Gasteiger partial charge on any atom is 0.272 e. The minimum absolute atomic E-state index is 0.107. The Bertz CT molecular complexity index is 1070. The first-order valence-electron chi connectivity index (χ1n) is 10.0. The number of nitrogens with zero attached hydrogens (tertiary/aromatic N) is 3. The van der Waals surface area contributed by atoms with E-state index in [0.717, 1.165) is 5.76 Å². The van der Waals surface area contributed by atoms with Crippen molar-refractivity contribution in [3.05, 3.63) is 58.9 Å². The van der Waals surface area contributed by atoms with Gasteiger partial charge in [-0.15, -0.1) is 0 Å². The molecule has 0 N–H and O–H groups in total. The highest BCUT2D eigenvalue weighted by Crippen LogP contribution is 2.33. The number of furan rings is 1. The zero-order valence-electron chi connectivity index (χ0n) is 16.6. The van der Waals surface area contributed by atoms with Crippen LogP contribution in [0.15, 0.2) is 46.9 Å². The molecule has 0 unspecified atom stereocenters. The predicted molar refractivity (Wildman–Crippen MR) is 111 cm³/mol. The third kappa shape index (κ3) is 3.43. The summed E-state index contributed by atoms with van der Waals surface area (Å²) in [4.78, 5) is 15.3. The van der Waals surface area contributed by atoms with Crippen LogP contribution in [0.2, 0.25) is 5.02 Å². The highest BCUT2D eigenvalue weighted by atomic mass is 35.5. The van der Waals surface area contributed by atoms with Crippen LogP contribution in [-0.2, 0) is 9.47 Å². The van der Waals surface area contributed by atoms with Gasteiger partial charge in [-0.25, -0.2) is 4.68 Å². The van der Waals surface area contributed by atoms with Crippen molar-refractivity contribution >= 4 is 17.5 Å². The fraction of sp³-hybridized carbons (Fsp3) is 0.364. The molecule has 2 aliphatic rings. The van der Waals surface area contributed by atoms with Crippen LogP contribution in [0.3, 0.4) is 0 Å². The molecule has 0 atom stereocenters. The summed E-state index contributed by atoms with van der Waals surface area (Å²) < 4.78 is 18.9. The number of aromatic nitrogens is 2. The van der Waals surface area contributed by atoms with Gasteiger partial charge in [-0.2, -0.15) is 5.10 Å². The molecule has 7 nitrogen and oxygen atoms in total. The number of hydrogen-bond donors (Lipinski definition) is 0. The lowest BCUT2D eigenvalue weighted by molar-refractivity contribution is -0.181. The van der Waals surface area contributed by atoms with E-state index in [1.807, 2.05) is 42.2 Å². The van der Waals surface area contributed by atoms with Gasteiger partial charge < -0.3 is 18.8 Å². The van der Waals surface area contributed by atoms with Crippen molar-refractivity contribution in [2.45, 2.75) is 25.6 Å². The number of amides is 1. The van der Waals surface area contributed by atoms with Crippen LogP contribution in [0.4, 0.5) is 0 Å². The van der Waals surface area contributed by atoms with E-state index in [-0.39, 0.29) is 5.91 Å². The molecule has 30 heavy (non-hydrogen) atoms. The minimum atomic E-state index is -0.531. The lowest BCUT2D eigenvalue weighted by atomic mass is 10.0. The van der Waals surface area contributed by atoms with Crippen molar-refractivity contribution < 1.29 is 18.7 Å². The summed E-state index contributed by atoms with van der Waals surface area (Å²) in [7, 11) is 0. The Kier molecular flexibility index (Phi) is 4.89.